The molecule has 1 atom stereocenters. The minimum Gasteiger partial charge on any atom is -0.379 e. The molecule has 0 aliphatic carbocycles. The number of hydrogen-bond acceptors (Lipinski definition) is 3. The molecule has 70 valence electrons. The zero-order valence-corrected chi connectivity index (χ0v) is 8.36. The highest BCUT2D eigenvalue weighted by molar-refractivity contribution is 8.14. The van der Waals surface area contributed by atoms with Gasteiger partial charge in [0.05, 0.1) is 13.2 Å². The summed E-state index contributed by atoms with van der Waals surface area (Å²) in [7, 11) is 0. The second kappa shape index (κ2) is 8.33. The lowest BCUT2D eigenvalue weighted by atomic mass is 10.7. The summed E-state index contributed by atoms with van der Waals surface area (Å²) in [6.07, 6.45) is 2.23. The fourth-order valence-electron chi connectivity index (χ4n) is 0.606. The van der Waals surface area contributed by atoms with Gasteiger partial charge in [-0.15, -0.1) is 0 Å². The Bertz CT molecular complexity index is 82.8. The van der Waals surface area contributed by atoms with Crippen LogP contribution in [-0.4, -0.2) is 38.3 Å². The first-order valence-corrected chi connectivity index (χ1v) is 6.01. The van der Waals surface area contributed by atoms with Crippen molar-refractivity contribution in [3.63, 3.8) is 0 Å². The molecule has 0 aliphatic rings. The van der Waals surface area contributed by atoms with E-state index in [1.54, 1.807) is 0 Å². The second-order valence-corrected chi connectivity index (χ2v) is 4.67. The van der Waals surface area contributed by atoms with Crippen molar-refractivity contribution in [2.45, 2.75) is 6.92 Å². The molecular weight excluding hydrogens is 160 g/mol. The van der Waals surface area contributed by atoms with Gasteiger partial charge in [-0.2, -0.15) is 0 Å². The predicted molar refractivity (Wildman–Crippen MR) is 53.3 cm³/mol. The maximum Gasteiger partial charge on any atom is 0.0600 e. The van der Waals surface area contributed by atoms with Gasteiger partial charge in [-0.3, -0.25) is 4.72 Å². The molecular formula is C7H20N2OS. The van der Waals surface area contributed by atoms with Gasteiger partial charge >= 0.3 is 0 Å². The highest BCUT2D eigenvalue weighted by atomic mass is 32.2. The summed E-state index contributed by atoms with van der Waals surface area (Å²) in [4.78, 5) is 0. The minimum atomic E-state index is 0.0395. The van der Waals surface area contributed by atoms with E-state index >= 15 is 0 Å². The summed E-state index contributed by atoms with van der Waals surface area (Å²) in [5.74, 6) is 1.23. The molecule has 0 fully saturated rings. The van der Waals surface area contributed by atoms with Gasteiger partial charge in [0.25, 0.3) is 0 Å². The van der Waals surface area contributed by atoms with Crippen LogP contribution in [0.2, 0.25) is 0 Å². The first kappa shape index (κ1) is 11.2. The van der Waals surface area contributed by atoms with Gasteiger partial charge in [0.15, 0.2) is 0 Å². The van der Waals surface area contributed by atoms with E-state index in [0.717, 1.165) is 13.2 Å². The summed E-state index contributed by atoms with van der Waals surface area (Å²) in [6.45, 7) is 5.23. The van der Waals surface area contributed by atoms with Crippen LogP contribution in [-0.2, 0) is 4.74 Å². The molecule has 0 spiro atoms. The molecule has 0 radical (unpaired) electrons. The molecule has 4 heteroatoms. The van der Waals surface area contributed by atoms with Crippen molar-refractivity contribution in [1.29, 1.82) is 0 Å². The third-order valence-electron chi connectivity index (χ3n) is 1.36. The molecule has 0 aromatic heterocycles. The van der Waals surface area contributed by atoms with Crippen molar-refractivity contribution in [3.05, 3.63) is 0 Å². The van der Waals surface area contributed by atoms with Crippen LogP contribution in [0.4, 0.5) is 0 Å². The van der Waals surface area contributed by atoms with Gasteiger partial charge in [0, 0.05) is 13.1 Å². The zero-order valence-electron chi connectivity index (χ0n) is 7.47. The summed E-state index contributed by atoms with van der Waals surface area (Å²) in [6, 6.07) is 0. The Morgan fingerprint density at radius 1 is 1.45 bits per heavy atom. The van der Waals surface area contributed by atoms with Crippen molar-refractivity contribution < 1.29 is 4.74 Å². The van der Waals surface area contributed by atoms with Crippen LogP contribution in [0.25, 0.3) is 0 Å². The second-order valence-electron chi connectivity index (χ2n) is 2.32. The Hall–Kier alpha value is 0.230. The quantitative estimate of drug-likeness (QED) is 0.385. The van der Waals surface area contributed by atoms with Crippen molar-refractivity contribution in [2.75, 3.05) is 38.3 Å². The summed E-state index contributed by atoms with van der Waals surface area (Å²) in [5, 5.41) is 0. The summed E-state index contributed by atoms with van der Waals surface area (Å²) < 4.78 is 8.59. The Balaban J connectivity index is 2.89. The lowest BCUT2D eigenvalue weighted by Gasteiger charge is -2.14. The third-order valence-corrected chi connectivity index (χ3v) is 3.08. The van der Waals surface area contributed by atoms with Crippen molar-refractivity contribution in [2.24, 2.45) is 5.73 Å². The predicted octanol–water partition coefficient (Wildman–Crippen LogP) is 0.117. The Labute approximate surface area is 72.2 Å². The third kappa shape index (κ3) is 8.13. The standard InChI is InChI=1S/C7H20N2OS/c1-3-11(2)9-5-7-10-6-4-8/h9,11H,3-8H2,1-2H3. The Morgan fingerprint density at radius 2 is 2.18 bits per heavy atom. The number of thiol groups is 1. The average Bonchev–Trinajstić information content (AvgIpc) is 2.04. The Morgan fingerprint density at radius 3 is 2.73 bits per heavy atom. The van der Waals surface area contributed by atoms with Crippen molar-refractivity contribution in [3.8, 4) is 0 Å². The molecule has 0 saturated carbocycles. The number of hydrogen-bond donors (Lipinski definition) is 3. The van der Waals surface area contributed by atoms with E-state index in [9.17, 15) is 0 Å². The maximum atomic E-state index is 5.26. The van der Waals surface area contributed by atoms with E-state index in [4.69, 9.17) is 10.5 Å². The van der Waals surface area contributed by atoms with E-state index in [1.165, 1.54) is 5.75 Å². The smallest absolute Gasteiger partial charge is 0.0600 e. The molecule has 0 saturated heterocycles. The molecule has 0 bridgehead atoms. The monoisotopic (exact) mass is 180 g/mol. The van der Waals surface area contributed by atoms with Gasteiger partial charge in [0.1, 0.15) is 0 Å². The number of ether oxygens (including phenoxy) is 1. The molecule has 0 aromatic carbocycles. The van der Waals surface area contributed by atoms with Crippen LogP contribution in [0.1, 0.15) is 6.92 Å². The normalized spacial score (nSPS) is 15.0. The maximum absolute atomic E-state index is 5.26. The van der Waals surface area contributed by atoms with Gasteiger partial charge in [0.2, 0.25) is 0 Å². The van der Waals surface area contributed by atoms with Crippen LogP contribution >= 0.6 is 11.1 Å². The summed E-state index contributed by atoms with van der Waals surface area (Å²) >= 11 is 0.0395. The van der Waals surface area contributed by atoms with Crippen LogP contribution in [0.15, 0.2) is 0 Å². The zero-order chi connectivity index (χ0) is 8.53. The largest absolute Gasteiger partial charge is 0.379 e. The van der Waals surface area contributed by atoms with Crippen LogP contribution < -0.4 is 10.5 Å². The van der Waals surface area contributed by atoms with Gasteiger partial charge < -0.3 is 10.5 Å². The molecule has 3 nitrogen and oxygen atoms in total. The SMILES string of the molecule is CC[SH](C)NCCOCCN. The van der Waals surface area contributed by atoms with Crippen LogP contribution in [0, 0.1) is 0 Å². The molecule has 1 unspecified atom stereocenters. The average molecular weight is 180 g/mol. The molecule has 0 amide bonds. The molecule has 3 N–H and O–H groups in total. The molecule has 0 aliphatic heterocycles. The van der Waals surface area contributed by atoms with Crippen molar-refractivity contribution in [1.82, 2.24) is 4.72 Å². The number of nitrogens with one attached hydrogen (secondary N) is 1. The van der Waals surface area contributed by atoms with Crippen LogP contribution in [0.5, 0.6) is 0 Å². The van der Waals surface area contributed by atoms with E-state index in [1.807, 2.05) is 0 Å². The minimum absolute atomic E-state index is 0.0395. The van der Waals surface area contributed by atoms with Crippen LogP contribution in [0.3, 0.4) is 0 Å². The molecule has 11 heavy (non-hydrogen) atoms. The van der Waals surface area contributed by atoms with Gasteiger partial charge in [-0.25, -0.2) is 11.1 Å². The van der Waals surface area contributed by atoms with Crippen molar-refractivity contribution >= 4 is 11.1 Å². The highest BCUT2D eigenvalue weighted by Crippen LogP contribution is 2.10. The van der Waals surface area contributed by atoms with E-state index in [0.29, 0.717) is 13.2 Å². The first-order valence-electron chi connectivity index (χ1n) is 4.03. The molecule has 0 aromatic rings. The van der Waals surface area contributed by atoms with Gasteiger partial charge in [-0.05, 0) is 12.0 Å². The molecule has 0 rings (SSSR count). The lowest BCUT2D eigenvalue weighted by molar-refractivity contribution is 0.147. The lowest BCUT2D eigenvalue weighted by Crippen LogP contribution is -2.19. The fourth-order valence-corrected chi connectivity index (χ4v) is 1.30. The number of rotatable bonds is 7. The van der Waals surface area contributed by atoms with E-state index in [2.05, 4.69) is 17.9 Å². The molecule has 0 heterocycles. The first-order chi connectivity index (χ1) is 5.31. The Kier molecular flexibility index (Phi) is 8.50. The summed E-state index contributed by atoms with van der Waals surface area (Å²) in [5.41, 5.74) is 5.26. The van der Waals surface area contributed by atoms with E-state index in [-0.39, 0.29) is 11.1 Å². The van der Waals surface area contributed by atoms with Gasteiger partial charge in [-0.1, -0.05) is 6.92 Å². The topological polar surface area (TPSA) is 47.3 Å². The van der Waals surface area contributed by atoms with E-state index < -0.39 is 0 Å². The fraction of sp³-hybridized carbons (Fsp3) is 1.00. The number of nitrogens with two attached hydrogens (primary N) is 1. The highest BCUT2D eigenvalue weighted by Gasteiger charge is 1.90.